The quantitative estimate of drug-likeness (QED) is 0.300. The van der Waals surface area contributed by atoms with Crippen LogP contribution in [-0.4, -0.2) is 4.98 Å². The number of aromatic nitrogens is 1. The fraction of sp³-hybridized carbons (Fsp3) is 0.0417. The molecule has 0 unspecified atom stereocenters. The van der Waals surface area contributed by atoms with Crippen molar-refractivity contribution in [3.8, 4) is 11.3 Å². The molecule has 1 heterocycles. The summed E-state index contributed by atoms with van der Waals surface area (Å²) in [5.74, 6) is 0. The van der Waals surface area contributed by atoms with Crippen molar-refractivity contribution in [1.82, 2.24) is 4.98 Å². The molecular weight excluding hydrogens is 382 g/mol. The molecule has 1 aliphatic carbocycles. The van der Waals surface area contributed by atoms with E-state index in [-0.39, 0.29) is 0 Å². The summed E-state index contributed by atoms with van der Waals surface area (Å²) in [6, 6.07) is 25.7. The SMILES string of the molecule is Cc1ccc2c(c1)C(=Cc1ccc(Br)cc1)c1cc3ccccc3nc1-2. The van der Waals surface area contributed by atoms with E-state index in [0.717, 1.165) is 15.7 Å². The fourth-order valence-electron chi connectivity index (χ4n) is 3.64. The van der Waals surface area contributed by atoms with Gasteiger partial charge in [0.25, 0.3) is 0 Å². The zero-order chi connectivity index (χ0) is 17.7. The number of halogens is 1. The van der Waals surface area contributed by atoms with Gasteiger partial charge in [-0.1, -0.05) is 70.0 Å². The molecule has 0 aliphatic heterocycles. The molecule has 1 aromatic heterocycles. The molecule has 124 valence electrons. The lowest BCUT2D eigenvalue weighted by atomic mass is 9.99. The summed E-state index contributed by atoms with van der Waals surface area (Å²) in [6.07, 6.45) is 2.27. The van der Waals surface area contributed by atoms with E-state index in [1.54, 1.807) is 0 Å². The van der Waals surface area contributed by atoms with Gasteiger partial charge in [0, 0.05) is 21.0 Å². The molecule has 4 aromatic rings. The van der Waals surface area contributed by atoms with E-state index < -0.39 is 0 Å². The highest BCUT2D eigenvalue weighted by Gasteiger charge is 2.25. The van der Waals surface area contributed by atoms with Gasteiger partial charge in [-0.3, -0.25) is 0 Å². The van der Waals surface area contributed by atoms with Gasteiger partial charge in [-0.15, -0.1) is 0 Å². The van der Waals surface area contributed by atoms with Gasteiger partial charge in [0.2, 0.25) is 0 Å². The highest BCUT2D eigenvalue weighted by Crippen LogP contribution is 2.45. The number of benzene rings is 3. The van der Waals surface area contributed by atoms with Crippen LogP contribution in [0.5, 0.6) is 0 Å². The number of para-hydroxylation sites is 1. The lowest BCUT2D eigenvalue weighted by Gasteiger charge is -2.05. The third-order valence-electron chi connectivity index (χ3n) is 4.92. The van der Waals surface area contributed by atoms with E-state index >= 15 is 0 Å². The van der Waals surface area contributed by atoms with Crippen molar-refractivity contribution in [3.63, 3.8) is 0 Å². The molecule has 0 radical (unpaired) electrons. The summed E-state index contributed by atoms with van der Waals surface area (Å²) < 4.78 is 1.09. The first-order chi connectivity index (χ1) is 12.7. The maximum absolute atomic E-state index is 4.98. The molecule has 3 aromatic carbocycles. The van der Waals surface area contributed by atoms with Crippen LogP contribution in [0.25, 0.3) is 33.8 Å². The molecule has 0 atom stereocenters. The largest absolute Gasteiger partial charge is 0.247 e. The number of aryl methyl sites for hydroxylation is 1. The molecule has 0 spiro atoms. The summed E-state index contributed by atoms with van der Waals surface area (Å²) in [6.45, 7) is 2.14. The molecule has 0 saturated carbocycles. The van der Waals surface area contributed by atoms with E-state index in [4.69, 9.17) is 4.98 Å². The van der Waals surface area contributed by atoms with Gasteiger partial charge >= 0.3 is 0 Å². The van der Waals surface area contributed by atoms with Gasteiger partial charge in [-0.2, -0.15) is 0 Å². The fourth-order valence-corrected chi connectivity index (χ4v) is 3.90. The number of fused-ring (bicyclic) bond motifs is 4. The van der Waals surface area contributed by atoms with Crippen LogP contribution in [-0.2, 0) is 0 Å². The van der Waals surface area contributed by atoms with Crippen molar-refractivity contribution in [2.45, 2.75) is 6.92 Å². The van der Waals surface area contributed by atoms with Gasteiger partial charge in [0.15, 0.2) is 0 Å². The highest BCUT2D eigenvalue weighted by atomic mass is 79.9. The zero-order valence-electron chi connectivity index (χ0n) is 14.3. The summed E-state index contributed by atoms with van der Waals surface area (Å²) in [5.41, 5.74) is 9.54. The topological polar surface area (TPSA) is 12.9 Å². The Hall–Kier alpha value is -2.71. The van der Waals surface area contributed by atoms with E-state index in [1.165, 1.54) is 38.8 Å². The van der Waals surface area contributed by atoms with Crippen molar-refractivity contribution in [3.05, 3.63) is 99.5 Å². The standard InChI is InChI=1S/C24H16BrN/c1-15-6-11-19-20(12-15)21(13-16-7-9-18(25)10-8-16)22-14-17-4-2-3-5-23(17)26-24(19)22/h2-14H,1H3. The van der Waals surface area contributed by atoms with Crippen molar-refractivity contribution in [1.29, 1.82) is 0 Å². The Balaban J connectivity index is 1.81. The van der Waals surface area contributed by atoms with Crippen LogP contribution in [0.2, 0.25) is 0 Å². The summed E-state index contributed by atoms with van der Waals surface area (Å²) in [4.78, 5) is 4.98. The molecular formula is C24H16BrN. The van der Waals surface area contributed by atoms with Crippen molar-refractivity contribution < 1.29 is 0 Å². The molecule has 0 N–H and O–H groups in total. The number of rotatable bonds is 1. The maximum atomic E-state index is 4.98. The predicted molar refractivity (Wildman–Crippen MR) is 113 cm³/mol. The van der Waals surface area contributed by atoms with Crippen LogP contribution in [0.1, 0.15) is 22.3 Å². The van der Waals surface area contributed by atoms with Gasteiger partial charge in [0.05, 0.1) is 11.2 Å². The molecule has 2 heteroatoms. The van der Waals surface area contributed by atoms with Crippen molar-refractivity contribution in [2.75, 3.05) is 0 Å². The van der Waals surface area contributed by atoms with Crippen LogP contribution >= 0.6 is 15.9 Å². The van der Waals surface area contributed by atoms with Gasteiger partial charge in [-0.25, -0.2) is 4.98 Å². The second-order valence-corrected chi connectivity index (χ2v) is 7.65. The third-order valence-corrected chi connectivity index (χ3v) is 5.44. The first kappa shape index (κ1) is 15.5. The van der Waals surface area contributed by atoms with E-state index in [2.05, 4.69) is 95.7 Å². The Morgan fingerprint density at radius 1 is 0.808 bits per heavy atom. The predicted octanol–water partition coefficient (Wildman–Crippen LogP) is 6.88. The first-order valence-electron chi connectivity index (χ1n) is 8.68. The van der Waals surface area contributed by atoms with Crippen LogP contribution in [0.15, 0.2) is 77.3 Å². The molecule has 0 bridgehead atoms. The minimum atomic E-state index is 1.04. The molecule has 5 rings (SSSR count). The molecule has 0 fully saturated rings. The Kier molecular flexibility index (Phi) is 3.54. The Bertz CT molecular complexity index is 1190. The van der Waals surface area contributed by atoms with Crippen molar-refractivity contribution >= 4 is 38.5 Å². The lowest BCUT2D eigenvalue weighted by molar-refractivity contribution is 1.39. The van der Waals surface area contributed by atoms with Gasteiger partial charge in [-0.05, 0) is 54.0 Å². The summed E-state index contributed by atoms with van der Waals surface area (Å²) in [7, 11) is 0. The van der Waals surface area contributed by atoms with E-state index in [1.807, 2.05) is 6.07 Å². The first-order valence-corrected chi connectivity index (χ1v) is 9.47. The average Bonchev–Trinajstić information content (AvgIpc) is 2.94. The number of hydrogen-bond donors (Lipinski definition) is 0. The molecule has 26 heavy (non-hydrogen) atoms. The highest BCUT2D eigenvalue weighted by molar-refractivity contribution is 9.10. The molecule has 0 saturated heterocycles. The Morgan fingerprint density at radius 3 is 2.46 bits per heavy atom. The molecule has 0 amide bonds. The maximum Gasteiger partial charge on any atom is 0.0794 e. The van der Waals surface area contributed by atoms with Gasteiger partial charge in [0.1, 0.15) is 0 Å². The zero-order valence-corrected chi connectivity index (χ0v) is 15.9. The second-order valence-electron chi connectivity index (χ2n) is 6.74. The molecule has 1 nitrogen and oxygen atoms in total. The average molecular weight is 398 g/mol. The monoisotopic (exact) mass is 397 g/mol. The lowest BCUT2D eigenvalue weighted by Crippen LogP contribution is -1.87. The Labute approximate surface area is 161 Å². The van der Waals surface area contributed by atoms with Gasteiger partial charge < -0.3 is 0 Å². The van der Waals surface area contributed by atoms with E-state index in [9.17, 15) is 0 Å². The smallest absolute Gasteiger partial charge is 0.0794 e. The van der Waals surface area contributed by atoms with Crippen LogP contribution in [0.4, 0.5) is 0 Å². The van der Waals surface area contributed by atoms with Crippen LogP contribution < -0.4 is 0 Å². The minimum Gasteiger partial charge on any atom is -0.247 e. The summed E-state index contributed by atoms with van der Waals surface area (Å²) in [5, 5.41) is 1.18. The number of pyridine rings is 1. The molecule has 1 aliphatic rings. The van der Waals surface area contributed by atoms with Crippen LogP contribution in [0, 0.1) is 6.92 Å². The third kappa shape index (κ3) is 2.49. The number of hydrogen-bond acceptors (Lipinski definition) is 1. The normalized spacial score (nSPS) is 13.8. The Morgan fingerprint density at radius 2 is 1.62 bits per heavy atom. The minimum absolute atomic E-state index is 1.04. The van der Waals surface area contributed by atoms with E-state index in [0.29, 0.717) is 0 Å². The number of nitrogens with zero attached hydrogens (tertiary/aromatic N) is 1. The second kappa shape index (κ2) is 5.93. The van der Waals surface area contributed by atoms with Crippen LogP contribution in [0.3, 0.4) is 0 Å². The van der Waals surface area contributed by atoms with Crippen molar-refractivity contribution in [2.24, 2.45) is 0 Å². The summed E-state index contributed by atoms with van der Waals surface area (Å²) >= 11 is 3.52.